The van der Waals surface area contributed by atoms with E-state index in [4.69, 9.17) is 14.9 Å². The third kappa shape index (κ3) is 24.3. The molecule has 6 nitrogen and oxygen atoms in total. The zero-order valence-corrected chi connectivity index (χ0v) is 14.3. The van der Waals surface area contributed by atoms with E-state index >= 15 is 0 Å². The van der Waals surface area contributed by atoms with E-state index in [1.807, 2.05) is 0 Å². The minimum absolute atomic E-state index is 0.0278. The van der Waals surface area contributed by atoms with Crippen molar-refractivity contribution in [1.82, 2.24) is 5.32 Å². The van der Waals surface area contributed by atoms with Gasteiger partial charge in [0.05, 0.1) is 26.4 Å². The minimum Gasteiger partial charge on any atom is -0.394 e. The number of nitrogens with one attached hydrogen (secondary N) is 1. The Labute approximate surface area is 135 Å². The number of ether oxygens (including phenoxy) is 2. The van der Waals surface area contributed by atoms with Crippen LogP contribution in [0.1, 0.15) is 52.4 Å². The molecule has 0 saturated carbocycles. The number of carbonyl (C=O) groups excluding carboxylic acids is 1. The van der Waals surface area contributed by atoms with Crippen molar-refractivity contribution in [3.8, 4) is 0 Å². The van der Waals surface area contributed by atoms with E-state index in [-0.39, 0.29) is 19.1 Å². The predicted octanol–water partition coefficient (Wildman–Crippen LogP) is 1.49. The summed E-state index contributed by atoms with van der Waals surface area (Å²) in [6, 6.07) is 0. The third-order valence-corrected chi connectivity index (χ3v) is 2.66. The summed E-state index contributed by atoms with van der Waals surface area (Å²) in [7, 11) is 0. The summed E-state index contributed by atoms with van der Waals surface area (Å²) in [5.41, 5.74) is 0. The lowest BCUT2D eigenvalue weighted by molar-refractivity contribution is -0.119. The maximum atomic E-state index is 10.1. The van der Waals surface area contributed by atoms with Gasteiger partial charge in [0, 0.05) is 26.2 Å². The fourth-order valence-corrected chi connectivity index (χ4v) is 1.39. The number of rotatable bonds is 10. The number of aliphatic hydroxyl groups excluding tert-OH is 2. The molecule has 1 heterocycles. The van der Waals surface area contributed by atoms with Crippen LogP contribution in [-0.2, 0) is 14.3 Å². The molecule has 6 heteroatoms. The average molecular weight is 321 g/mol. The molecular weight excluding hydrogens is 286 g/mol. The Morgan fingerprint density at radius 2 is 1.45 bits per heavy atom. The molecular formula is C16H35NO5. The highest BCUT2D eigenvalue weighted by Gasteiger charge is 2.05. The van der Waals surface area contributed by atoms with Crippen LogP contribution in [0.2, 0.25) is 0 Å². The van der Waals surface area contributed by atoms with E-state index in [0.717, 1.165) is 32.6 Å². The molecule has 0 aromatic carbocycles. The van der Waals surface area contributed by atoms with Gasteiger partial charge in [-0.2, -0.15) is 0 Å². The van der Waals surface area contributed by atoms with Crippen LogP contribution in [0.3, 0.4) is 0 Å². The van der Waals surface area contributed by atoms with E-state index in [2.05, 4.69) is 23.9 Å². The predicted molar refractivity (Wildman–Crippen MR) is 87.9 cm³/mol. The first kappa shape index (κ1) is 23.6. The number of amides is 1. The highest BCUT2D eigenvalue weighted by molar-refractivity contribution is 5.77. The van der Waals surface area contributed by atoms with Crippen LogP contribution in [0.5, 0.6) is 0 Å². The van der Waals surface area contributed by atoms with E-state index in [1.54, 1.807) is 0 Å². The molecule has 0 bridgehead atoms. The van der Waals surface area contributed by atoms with Gasteiger partial charge in [0.2, 0.25) is 5.91 Å². The van der Waals surface area contributed by atoms with Crippen molar-refractivity contribution in [1.29, 1.82) is 0 Å². The first-order chi connectivity index (χ1) is 10.7. The summed E-state index contributed by atoms with van der Waals surface area (Å²) in [6.45, 7) is 7.86. The number of hydrogen-bond acceptors (Lipinski definition) is 5. The number of hydrogen-bond donors (Lipinski definition) is 3. The summed E-state index contributed by atoms with van der Waals surface area (Å²) >= 11 is 0. The van der Waals surface area contributed by atoms with E-state index in [9.17, 15) is 4.79 Å². The van der Waals surface area contributed by atoms with Gasteiger partial charge in [-0.3, -0.25) is 4.79 Å². The summed E-state index contributed by atoms with van der Waals surface area (Å²) in [5, 5.41) is 18.9. The molecule has 1 amide bonds. The SMILES string of the molecule is CCCCOCCCC.O=C1CCCN1.OCCOCCO. The highest BCUT2D eigenvalue weighted by atomic mass is 16.5. The van der Waals surface area contributed by atoms with Crippen molar-refractivity contribution >= 4 is 5.91 Å². The Bertz CT molecular complexity index is 197. The number of carbonyl (C=O) groups is 1. The van der Waals surface area contributed by atoms with Crippen molar-refractivity contribution in [2.75, 3.05) is 46.2 Å². The fraction of sp³-hybridized carbons (Fsp3) is 0.938. The Balaban J connectivity index is 0. The smallest absolute Gasteiger partial charge is 0.220 e. The summed E-state index contributed by atoms with van der Waals surface area (Å²) in [6.07, 6.45) is 6.67. The van der Waals surface area contributed by atoms with Gasteiger partial charge in [0.25, 0.3) is 0 Å². The summed E-state index contributed by atoms with van der Waals surface area (Å²) < 4.78 is 9.95. The highest BCUT2D eigenvalue weighted by Crippen LogP contribution is 1.93. The summed E-state index contributed by atoms with van der Waals surface area (Å²) in [5.74, 6) is 0.204. The number of aliphatic hydroxyl groups is 2. The lowest BCUT2D eigenvalue weighted by Gasteiger charge is -1.99. The molecule has 0 aromatic heterocycles. The Kier molecular flexibility index (Phi) is 24.2. The first-order valence-electron chi connectivity index (χ1n) is 8.36. The fourth-order valence-electron chi connectivity index (χ4n) is 1.39. The largest absolute Gasteiger partial charge is 0.394 e. The van der Waals surface area contributed by atoms with Crippen molar-refractivity contribution in [3.63, 3.8) is 0 Å². The zero-order chi connectivity index (χ0) is 16.9. The molecule has 0 unspecified atom stereocenters. The molecule has 0 spiro atoms. The maximum Gasteiger partial charge on any atom is 0.220 e. The van der Waals surface area contributed by atoms with Gasteiger partial charge in [-0.1, -0.05) is 26.7 Å². The maximum absolute atomic E-state index is 10.1. The Hall–Kier alpha value is -0.690. The van der Waals surface area contributed by atoms with Gasteiger partial charge >= 0.3 is 0 Å². The molecule has 134 valence electrons. The van der Waals surface area contributed by atoms with Crippen LogP contribution in [0, 0.1) is 0 Å². The molecule has 1 aliphatic rings. The quantitative estimate of drug-likeness (QED) is 0.531. The van der Waals surface area contributed by atoms with Crippen LogP contribution in [0.15, 0.2) is 0 Å². The van der Waals surface area contributed by atoms with Crippen LogP contribution in [0.4, 0.5) is 0 Å². The second-order valence-corrected chi connectivity index (χ2v) is 4.83. The molecule has 1 rings (SSSR count). The van der Waals surface area contributed by atoms with Crippen LogP contribution < -0.4 is 5.32 Å². The normalized spacial score (nSPS) is 12.8. The van der Waals surface area contributed by atoms with Crippen LogP contribution in [-0.4, -0.2) is 62.3 Å². The van der Waals surface area contributed by atoms with Crippen molar-refractivity contribution in [2.24, 2.45) is 0 Å². The molecule has 0 aliphatic carbocycles. The van der Waals surface area contributed by atoms with Gasteiger partial charge in [0.1, 0.15) is 0 Å². The van der Waals surface area contributed by atoms with E-state index in [1.165, 1.54) is 25.7 Å². The van der Waals surface area contributed by atoms with Gasteiger partial charge in [0.15, 0.2) is 0 Å². The molecule has 3 N–H and O–H groups in total. The second-order valence-electron chi connectivity index (χ2n) is 4.83. The summed E-state index contributed by atoms with van der Waals surface area (Å²) in [4.78, 5) is 10.1. The Morgan fingerprint density at radius 3 is 1.73 bits per heavy atom. The number of unbranched alkanes of at least 4 members (excludes halogenated alkanes) is 2. The monoisotopic (exact) mass is 321 g/mol. The Morgan fingerprint density at radius 1 is 0.955 bits per heavy atom. The topological polar surface area (TPSA) is 88.0 Å². The second kappa shape index (κ2) is 22.6. The average Bonchev–Trinajstić information content (AvgIpc) is 3.00. The lowest BCUT2D eigenvalue weighted by atomic mass is 10.3. The standard InChI is InChI=1S/C8H18O.C4H7NO.C4H10O3/c1-3-5-7-9-8-6-4-2;6-4-2-1-3-5-4;5-1-3-7-4-2-6/h3-8H2,1-2H3;1-3H2,(H,5,6);5-6H,1-4H2. The minimum atomic E-state index is 0.0278. The third-order valence-electron chi connectivity index (χ3n) is 2.66. The molecule has 0 atom stereocenters. The van der Waals surface area contributed by atoms with Gasteiger partial charge in [-0.25, -0.2) is 0 Å². The molecule has 1 saturated heterocycles. The van der Waals surface area contributed by atoms with Crippen molar-refractivity contribution in [3.05, 3.63) is 0 Å². The van der Waals surface area contributed by atoms with Gasteiger partial charge in [-0.05, 0) is 19.3 Å². The lowest BCUT2D eigenvalue weighted by Crippen LogP contribution is -2.12. The van der Waals surface area contributed by atoms with Gasteiger partial charge < -0.3 is 25.0 Å². The zero-order valence-electron chi connectivity index (χ0n) is 14.3. The van der Waals surface area contributed by atoms with Crippen LogP contribution >= 0.6 is 0 Å². The molecule has 22 heavy (non-hydrogen) atoms. The molecule has 0 aromatic rings. The van der Waals surface area contributed by atoms with Gasteiger partial charge in [-0.15, -0.1) is 0 Å². The molecule has 0 radical (unpaired) electrons. The van der Waals surface area contributed by atoms with E-state index in [0.29, 0.717) is 13.2 Å². The van der Waals surface area contributed by atoms with Crippen molar-refractivity contribution in [2.45, 2.75) is 52.4 Å². The van der Waals surface area contributed by atoms with E-state index < -0.39 is 0 Å². The first-order valence-corrected chi connectivity index (χ1v) is 8.36. The molecule has 1 aliphatic heterocycles. The molecule has 1 fully saturated rings. The van der Waals surface area contributed by atoms with Crippen LogP contribution in [0.25, 0.3) is 0 Å². The van der Waals surface area contributed by atoms with Crippen molar-refractivity contribution < 1.29 is 24.5 Å².